The zero-order valence-electron chi connectivity index (χ0n) is 22.3. The number of hydrogen-bond donors (Lipinski definition) is 1. The van der Waals surface area contributed by atoms with Crippen molar-refractivity contribution < 1.29 is 14.2 Å². The average Bonchev–Trinajstić information content (AvgIpc) is 3.30. The zero-order valence-corrected chi connectivity index (χ0v) is 22.3. The molecule has 1 aliphatic heterocycles. The molecular weight excluding hydrogens is 505 g/mol. The summed E-state index contributed by atoms with van der Waals surface area (Å²) < 4.78 is 22.4. The van der Waals surface area contributed by atoms with Crippen LogP contribution in [0.25, 0.3) is 32.9 Å². The molecule has 2 aliphatic rings. The molecule has 2 atom stereocenters. The second kappa shape index (κ2) is 10.0. The molecule has 3 aromatic heterocycles. The van der Waals surface area contributed by atoms with Gasteiger partial charge in [0.25, 0.3) is 0 Å². The molecule has 8 heteroatoms. The molecule has 0 radical (unpaired) electrons. The molecule has 0 amide bonds. The lowest BCUT2D eigenvalue weighted by Crippen LogP contribution is -2.37. The summed E-state index contributed by atoms with van der Waals surface area (Å²) in [5.74, 6) is 1.41. The minimum Gasteiger partial charge on any atom is -0.508 e. The highest BCUT2D eigenvalue weighted by Gasteiger charge is 2.34. The minimum atomic E-state index is -0.554. The van der Waals surface area contributed by atoms with Gasteiger partial charge in [0, 0.05) is 43.2 Å². The number of halogens is 1. The third kappa shape index (κ3) is 4.57. The van der Waals surface area contributed by atoms with Crippen LogP contribution in [0.15, 0.2) is 60.9 Å². The number of aromatic nitrogens is 4. The lowest BCUT2D eigenvalue weighted by Gasteiger charge is -2.33. The van der Waals surface area contributed by atoms with Crippen molar-refractivity contribution in [1.29, 1.82) is 0 Å². The van der Waals surface area contributed by atoms with Crippen molar-refractivity contribution in [1.82, 2.24) is 19.9 Å². The van der Waals surface area contributed by atoms with Gasteiger partial charge in [-0.3, -0.25) is 9.97 Å². The largest absolute Gasteiger partial charge is 0.508 e. The van der Waals surface area contributed by atoms with Crippen LogP contribution in [0.3, 0.4) is 0 Å². The van der Waals surface area contributed by atoms with Crippen LogP contribution in [0.4, 0.5) is 10.2 Å². The van der Waals surface area contributed by atoms with E-state index in [1.807, 2.05) is 49.5 Å². The molecule has 0 spiro atoms. The van der Waals surface area contributed by atoms with Crippen molar-refractivity contribution in [2.75, 3.05) is 24.6 Å². The number of phenolic OH excluding ortho intramolecular Hbond substituents is 1. The highest BCUT2D eigenvalue weighted by molar-refractivity contribution is 5.99. The van der Waals surface area contributed by atoms with E-state index >= 15 is 4.39 Å². The van der Waals surface area contributed by atoms with E-state index in [-0.39, 0.29) is 23.0 Å². The number of fused-ring (bicyclic) bond motifs is 4. The average molecular weight is 536 g/mol. The van der Waals surface area contributed by atoms with Gasteiger partial charge in [-0.05, 0) is 72.6 Å². The normalized spacial score (nSPS) is 18.5. The third-order valence-corrected chi connectivity index (χ3v) is 8.21. The molecular formula is C32H30FN5O2. The van der Waals surface area contributed by atoms with E-state index in [4.69, 9.17) is 9.72 Å². The maximum absolute atomic E-state index is 16.4. The standard InChI is InChI=1S/C32H30FN5O2/c1-19-6-9-23(34-15-19)10-11-40-32-36-30-27(31(37-32)38-17-20-7-8-21(12-20)18-38)16-35-29(28(30)33)26-14-24(39)13-22-4-2-3-5-25(22)26/h2-6,9,13-16,20-21,39H,7-8,10-12,17-18H2,1H3. The molecule has 5 aromatic rings. The van der Waals surface area contributed by atoms with Gasteiger partial charge in [-0.1, -0.05) is 30.3 Å². The number of hydrogen-bond acceptors (Lipinski definition) is 7. The first-order valence-corrected chi connectivity index (χ1v) is 13.9. The fourth-order valence-corrected chi connectivity index (χ4v) is 6.28. The van der Waals surface area contributed by atoms with Crippen LogP contribution in [-0.2, 0) is 6.42 Å². The van der Waals surface area contributed by atoms with Gasteiger partial charge in [-0.15, -0.1) is 0 Å². The number of anilines is 1. The summed E-state index contributed by atoms with van der Waals surface area (Å²) in [6, 6.07) is 14.9. The SMILES string of the molecule is Cc1ccc(CCOc2nc(N3CC4CCC(C4)C3)c3cnc(-c4cc(O)cc5ccccc45)c(F)c3n2)nc1. The molecule has 7 nitrogen and oxygen atoms in total. The van der Waals surface area contributed by atoms with E-state index in [0.29, 0.717) is 41.6 Å². The van der Waals surface area contributed by atoms with Crippen molar-refractivity contribution in [3.63, 3.8) is 0 Å². The highest BCUT2D eigenvalue weighted by atomic mass is 19.1. The smallest absolute Gasteiger partial charge is 0.319 e. The Bertz CT molecular complexity index is 1710. The number of ether oxygens (including phenoxy) is 1. The monoisotopic (exact) mass is 535 g/mol. The summed E-state index contributed by atoms with van der Waals surface area (Å²) in [6.07, 6.45) is 7.77. The molecule has 40 heavy (non-hydrogen) atoms. The van der Waals surface area contributed by atoms with Gasteiger partial charge in [0.1, 0.15) is 22.8 Å². The van der Waals surface area contributed by atoms with E-state index in [0.717, 1.165) is 35.1 Å². The lowest BCUT2D eigenvalue weighted by molar-refractivity contribution is 0.295. The van der Waals surface area contributed by atoms with Gasteiger partial charge in [0.05, 0.1) is 12.0 Å². The Hall–Kier alpha value is -4.33. The highest BCUT2D eigenvalue weighted by Crippen LogP contribution is 2.41. The number of benzene rings is 2. The molecule has 2 unspecified atom stereocenters. The van der Waals surface area contributed by atoms with E-state index in [2.05, 4.69) is 19.9 Å². The van der Waals surface area contributed by atoms with Gasteiger partial charge in [-0.2, -0.15) is 9.97 Å². The fourth-order valence-electron chi connectivity index (χ4n) is 6.28. The number of pyridine rings is 2. The van der Waals surface area contributed by atoms with Crippen LogP contribution in [-0.4, -0.2) is 44.7 Å². The number of piperidine rings is 1. The van der Waals surface area contributed by atoms with Crippen LogP contribution in [0.5, 0.6) is 11.8 Å². The Kier molecular flexibility index (Phi) is 6.18. The van der Waals surface area contributed by atoms with Crippen molar-refractivity contribution in [3.05, 3.63) is 78.0 Å². The van der Waals surface area contributed by atoms with Crippen LogP contribution in [0.2, 0.25) is 0 Å². The number of aryl methyl sites for hydroxylation is 1. The zero-order chi connectivity index (χ0) is 27.2. The summed E-state index contributed by atoms with van der Waals surface area (Å²) in [5.41, 5.74) is 2.83. The maximum atomic E-state index is 16.4. The molecule has 2 bridgehead atoms. The third-order valence-electron chi connectivity index (χ3n) is 8.21. The summed E-state index contributed by atoms with van der Waals surface area (Å²) in [6.45, 7) is 4.09. The van der Waals surface area contributed by atoms with Gasteiger partial charge in [-0.25, -0.2) is 4.39 Å². The van der Waals surface area contributed by atoms with E-state index in [1.54, 1.807) is 18.3 Å². The predicted molar refractivity (Wildman–Crippen MR) is 153 cm³/mol. The first kappa shape index (κ1) is 24.7. The van der Waals surface area contributed by atoms with Crippen LogP contribution >= 0.6 is 0 Å². The topological polar surface area (TPSA) is 84.3 Å². The van der Waals surface area contributed by atoms with Crippen molar-refractivity contribution in [2.24, 2.45) is 11.8 Å². The van der Waals surface area contributed by atoms with Crippen LogP contribution in [0.1, 0.15) is 30.5 Å². The van der Waals surface area contributed by atoms with Gasteiger partial charge < -0.3 is 14.7 Å². The summed E-state index contributed by atoms with van der Waals surface area (Å²) in [7, 11) is 0. The first-order chi connectivity index (χ1) is 19.5. The van der Waals surface area contributed by atoms with Crippen molar-refractivity contribution in [2.45, 2.75) is 32.6 Å². The second-order valence-corrected chi connectivity index (χ2v) is 11.1. The first-order valence-electron chi connectivity index (χ1n) is 13.9. The number of rotatable bonds is 6. The lowest BCUT2D eigenvalue weighted by atomic mass is 9.98. The van der Waals surface area contributed by atoms with E-state index in [1.165, 1.54) is 19.3 Å². The maximum Gasteiger partial charge on any atom is 0.319 e. The number of aromatic hydroxyl groups is 1. The fraction of sp³-hybridized carbons (Fsp3) is 0.312. The van der Waals surface area contributed by atoms with Gasteiger partial charge >= 0.3 is 6.01 Å². The molecule has 202 valence electrons. The minimum absolute atomic E-state index is 0.0518. The second-order valence-electron chi connectivity index (χ2n) is 11.1. The van der Waals surface area contributed by atoms with E-state index < -0.39 is 5.82 Å². The molecule has 2 aromatic carbocycles. The van der Waals surface area contributed by atoms with E-state index in [9.17, 15) is 5.11 Å². The van der Waals surface area contributed by atoms with Crippen LogP contribution < -0.4 is 9.64 Å². The number of nitrogens with zero attached hydrogens (tertiary/aromatic N) is 5. The quantitative estimate of drug-likeness (QED) is 0.275. The summed E-state index contributed by atoms with van der Waals surface area (Å²) >= 11 is 0. The Morgan fingerprint density at radius 2 is 1.80 bits per heavy atom. The Morgan fingerprint density at radius 1 is 0.975 bits per heavy atom. The molecule has 7 rings (SSSR count). The molecule has 1 aliphatic carbocycles. The molecule has 1 saturated carbocycles. The number of phenols is 1. The summed E-state index contributed by atoms with van der Waals surface area (Å²) in [5, 5.41) is 12.6. The molecule has 1 saturated heterocycles. The molecule has 2 fully saturated rings. The van der Waals surface area contributed by atoms with Crippen molar-refractivity contribution >= 4 is 27.5 Å². The van der Waals surface area contributed by atoms with Gasteiger partial charge in [0.2, 0.25) is 0 Å². The molecule has 1 N–H and O–H groups in total. The Morgan fingerprint density at radius 3 is 2.60 bits per heavy atom. The predicted octanol–water partition coefficient (Wildman–Crippen LogP) is 6.25. The Balaban J connectivity index is 1.31. The Labute approximate surface area is 231 Å². The summed E-state index contributed by atoms with van der Waals surface area (Å²) in [4.78, 5) is 20.6. The van der Waals surface area contributed by atoms with Crippen molar-refractivity contribution in [3.8, 4) is 23.0 Å². The molecule has 4 heterocycles. The van der Waals surface area contributed by atoms with Crippen LogP contribution in [0, 0.1) is 24.6 Å². The van der Waals surface area contributed by atoms with Gasteiger partial charge in [0.15, 0.2) is 5.82 Å².